The number of amides is 2. The molecule has 0 aliphatic carbocycles. The zero-order valence-electron chi connectivity index (χ0n) is 14.6. The van der Waals surface area contributed by atoms with E-state index in [1.807, 2.05) is 24.3 Å². The summed E-state index contributed by atoms with van der Waals surface area (Å²) in [5.41, 5.74) is 1.46. The summed E-state index contributed by atoms with van der Waals surface area (Å²) in [5.74, 6) is -0.319. The number of benzene rings is 2. The number of nitrogens with zero attached hydrogens (tertiary/aromatic N) is 1. The highest BCUT2D eigenvalue weighted by Crippen LogP contribution is 2.29. The van der Waals surface area contributed by atoms with Gasteiger partial charge in [0.1, 0.15) is 11.5 Å². The van der Waals surface area contributed by atoms with Gasteiger partial charge in [-0.3, -0.25) is 14.5 Å². The Balaban J connectivity index is 1.74. The molecule has 0 bridgehead atoms. The fourth-order valence-corrected chi connectivity index (χ4v) is 2.82. The predicted octanol–water partition coefficient (Wildman–Crippen LogP) is 2.58. The highest BCUT2D eigenvalue weighted by Gasteiger charge is 2.38. The fourth-order valence-electron chi connectivity index (χ4n) is 2.82. The molecule has 2 aromatic rings. The van der Waals surface area contributed by atoms with E-state index in [1.165, 1.54) is 7.11 Å². The molecule has 0 fully saturated rings. The molecule has 3 rings (SSSR count). The van der Waals surface area contributed by atoms with Crippen LogP contribution in [0.25, 0.3) is 5.57 Å². The first-order valence-electron chi connectivity index (χ1n) is 8.12. The van der Waals surface area contributed by atoms with Crippen molar-refractivity contribution in [2.75, 3.05) is 20.8 Å². The van der Waals surface area contributed by atoms with Gasteiger partial charge >= 0.3 is 0 Å². The molecule has 26 heavy (non-hydrogen) atoms. The largest absolute Gasteiger partial charge is 0.502 e. The highest BCUT2D eigenvalue weighted by atomic mass is 16.5. The standard InChI is InChI=1S/C20H19NO5/c1-25-15-7-3-13(4-8-15)11-12-21-19(23)17(18(22)20(21)24)14-5-9-16(26-2)10-6-14/h3-10,22H,11-12H2,1-2H3. The molecule has 0 saturated heterocycles. The SMILES string of the molecule is COc1ccc(CCN2C(=O)C(O)=C(c3ccc(OC)cc3)C2=O)cc1. The molecule has 2 amide bonds. The molecule has 0 radical (unpaired) electrons. The Morgan fingerprint density at radius 3 is 1.92 bits per heavy atom. The first kappa shape index (κ1) is 17.5. The van der Waals surface area contributed by atoms with Crippen LogP contribution in [0, 0.1) is 0 Å². The summed E-state index contributed by atoms with van der Waals surface area (Å²) in [6.07, 6.45) is 0.491. The van der Waals surface area contributed by atoms with Crippen LogP contribution in [-0.4, -0.2) is 42.6 Å². The number of hydrogen-bond acceptors (Lipinski definition) is 5. The number of carbonyl (C=O) groups excluding carboxylic acids is 2. The normalized spacial score (nSPS) is 14.2. The summed E-state index contributed by atoms with van der Waals surface area (Å²) in [4.78, 5) is 26.0. The third kappa shape index (κ3) is 3.26. The van der Waals surface area contributed by atoms with Gasteiger partial charge in [0.15, 0.2) is 5.76 Å². The third-order valence-corrected chi connectivity index (χ3v) is 4.31. The number of rotatable bonds is 6. The van der Waals surface area contributed by atoms with Crippen molar-refractivity contribution in [2.24, 2.45) is 0 Å². The third-order valence-electron chi connectivity index (χ3n) is 4.31. The number of hydrogen-bond donors (Lipinski definition) is 1. The van der Waals surface area contributed by atoms with Crippen molar-refractivity contribution in [3.63, 3.8) is 0 Å². The van der Waals surface area contributed by atoms with E-state index in [2.05, 4.69) is 0 Å². The Morgan fingerprint density at radius 1 is 0.846 bits per heavy atom. The number of imide groups is 1. The molecule has 134 valence electrons. The lowest BCUT2D eigenvalue weighted by Crippen LogP contribution is -2.33. The quantitative estimate of drug-likeness (QED) is 0.808. The zero-order chi connectivity index (χ0) is 18.7. The highest BCUT2D eigenvalue weighted by molar-refractivity contribution is 6.34. The molecule has 0 atom stereocenters. The molecule has 0 spiro atoms. The Hall–Kier alpha value is -3.28. The van der Waals surface area contributed by atoms with E-state index in [0.29, 0.717) is 17.7 Å². The molecule has 6 nitrogen and oxygen atoms in total. The number of carbonyl (C=O) groups is 2. The molecule has 1 aliphatic rings. The first-order valence-corrected chi connectivity index (χ1v) is 8.12. The topological polar surface area (TPSA) is 76.1 Å². The maximum Gasteiger partial charge on any atom is 0.296 e. The molecule has 0 unspecified atom stereocenters. The van der Waals surface area contributed by atoms with Crippen molar-refractivity contribution in [3.8, 4) is 11.5 Å². The Bertz CT molecular complexity index is 853. The molecular weight excluding hydrogens is 334 g/mol. The van der Waals surface area contributed by atoms with Crippen molar-refractivity contribution in [1.29, 1.82) is 0 Å². The van der Waals surface area contributed by atoms with E-state index in [4.69, 9.17) is 9.47 Å². The minimum absolute atomic E-state index is 0.0207. The van der Waals surface area contributed by atoms with Gasteiger partial charge in [0, 0.05) is 6.54 Å². The van der Waals surface area contributed by atoms with Crippen molar-refractivity contribution < 1.29 is 24.2 Å². The Kier molecular flexibility index (Phi) is 4.93. The molecular formula is C20H19NO5. The van der Waals surface area contributed by atoms with Crippen molar-refractivity contribution in [1.82, 2.24) is 4.90 Å². The van der Waals surface area contributed by atoms with Crippen LogP contribution in [-0.2, 0) is 16.0 Å². The van der Waals surface area contributed by atoms with Gasteiger partial charge in [0.25, 0.3) is 11.8 Å². The maximum atomic E-state index is 12.6. The van der Waals surface area contributed by atoms with Gasteiger partial charge in [-0.2, -0.15) is 0 Å². The van der Waals surface area contributed by atoms with E-state index >= 15 is 0 Å². The van der Waals surface area contributed by atoms with Gasteiger partial charge < -0.3 is 14.6 Å². The van der Waals surface area contributed by atoms with E-state index in [9.17, 15) is 14.7 Å². The molecule has 2 aromatic carbocycles. The van der Waals surface area contributed by atoms with Gasteiger partial charge in [-0.05, 0) is 41.8 Å². The summed E-state index contributed by atoms with van der Waals surface area (Å²) in [7, 11) is 3.13. The summed E-state index contributed by atoms with van der Waals surface area (Å²) in [6.45, 7) is 0.188. The Morgan fingerprint density at radius 2 is 1.38 bits per heavy atom. The summed E-state index contributed by atoms with van der Waals surface area (Å²) in [6, 6.07) is 14.0. The lowest BCUT2D eigenvalue weighted by molar-refractivity contribution is -0.138. The molecule has 1 heterocycles. The van der Waals surface area contributed by atoms with Crippen LogP contribution in [0.4, 0.5) is 0 Å². The first-order chi connectivity index (χ1) is 12.5. The van der Waals surface area contributed by atoms with Crippen molar-refractivity contribution in [2.45, 2.75) is 6.42 Å². The second-order valence-electron chi connectivity index (χ2n) is 5.81. The second-order valence-corrected chi connectivity index (χ2v) is 5.81. The van der Waals surface area contributed by atoms with Gasteiger partial charge in [-0.25, -0.2) is 0 Å². The van der Waals surface area contributed by atoms with Crippen LogP contribution in [0.1, 0.15) is 11.1 Å². The summed E-state index contributed by atoms with van der Waals surface area (Å²) in [5, 5.41) is 10.2. The Labute approximate surface area is 151 Å². The lowest BCUT2D eigenvalue weighted by atomic mass is 10.1. The smallest absolute Gasteiger partial charge is 0.296 e. The average Bonchev–Trinajstić information content (AvgIpc) is 2.89. The minimum Gasteiger partial charge on any atom is -0.502 e. The van der Waals surface area contributed by atoms with Crippen LogP contribution in [0.3, 0.4) is 0 Å². The molecule has 1 aliphatic heterocycles. The maximum absolute atomic E-state index is 12.6. The number of ether oxygens (including phenoxy) is 2. The van der Waals surface area contributed by atoms with Gasteiger partial charge in [-0.1, -0.05) is 24.3 Å². The molecule has 0 saturated carbocycles. The monoisotopic (exact) mass is 353 g/mol. The second kappa shape index (κ2) is 7.31. The molecule has 1 N–H and O–H groups in total. The van der Waals surface area contributed by atoms with Crippen LogP contribution >= 0.6 is 0 Å². The number of aliphatic hydroxyl groups excluding tert-OH is 1. The minimum atomic E-state index is -0.672. The summed E-state index contributed by atoms with van der Waals surface area (Å²) < 4.78 is 10.2. The van der Waals surface area contributed by atoms with E-state index < -0.39 is 17.6 Å². The molecule has 0 aromatic heterocycles. The van der Waals surface area contributed by atoms with Crippen molar-refractivity contribution >= 4 is 17.4 Å². The van der Waals surface area contributed by atoms with Crippen LogP contribution in [0.15, 0.2) is 54.3 Å². The number of methoxy groups -OCH3 is 2. The summed E-state index contributed by atoms with van der Waals surface area (Å²) >= 11 is 0. The van der Waals surface area contributed by atoms with Crippen molar-refractivity contribution in [3.05, 3.63) is 65.4 Å². The molecule has 6 heteroatoms. The predicted molar refractivity (Wildman–Crippen MR) is 96.0 cm³/mol. The lowest BCUT2D eigenvalue weighted by Gasteiger charge is -2.14. The van der Waals surface area contributed by atoms with Gasteiger partial charge in [0.05, 0.1) is 19.8 Å². The van der Waals surface area contributed by atoms with Crippen LogP contribution < -0.4 is 9.47 Å². The van der Waals surface area contributed by atoms with E-state index in [0.717, 1.165) is 16.2 Å². The van der Waals surface area contributed by atoms with E-state index in [1.54, 1.807) is 31.4 Å². The average molecular weight is 353 g/mol. The van der Waals surface area contributed by atoms with E-state index in [-0.39, 0.29) is 12.1 Å². The van der Waals surface area contributed by atoms with Crippen LogP contribution in [0.2, 0.25) is 0 Å². The fraction of sp³-hybridized carbons (Fsp3) is 0.200. The zero-order valence-corrected chi connectivity index (χ0v) is 14.6. The number of aliphatic hydroxyl groups is 1. The van der Waals surface area contributed by atoms with Gasteiger partial charge in [0.2, 0.25) is 0 Å². The van der Waals surface area contributed by atoms with Gasteiger partial charge in [-0.15, -0.1) is 0 Å². The van der Waals surface area contributed by atoms with Crippen LogP contribution in [0.5, 0.6) is 11.5 Å².